The Hall–Kier alpha value is -3.19. The molecule has 0 aliphatic carbocycles. The zero-order valence-electron chi connectivity index (χ0n) is 15.6. The minimum atomic E-state index is -0.541. The molecule has 2 aromatic carbocycles. The number of aliphatic hydroxyl groups excluding tert-OH is 1. The first-order valence-electron chi connectivity index (χ1n) is 9.42. The molecule has 1 aliphatic heterocycles. The van der Waals surface area contributed by atoms with Gasteiger partial charge in [-0.15, -0.1) is 0 Å². The van der Waals surface area contributed by atoms with Crippen molar-refractivity contribution < 1.29 is 23.4 Å². The highest BCUT2D eigenvalue weighted by atomic mass is 19.1. The number of hydrogen-bond donors (Lipinski definition) is 1. The molecular formula is C22H20FNO5. The number of fused-ring (bicyclic) bond motifs is 1. The van der Waals surface area contributed by atoms with Crippen LogP contribution in [0.1, 0.15) is 12.8 Å². The maximum Gasteiger partial charge on any atom is 0.344 e. The van der Waals surface area contributed by atoms with Gasteiger partial charge in [0, 0.05) is 18.0 Å². The molecule has 1 amide bonds. The number of benzene rings is 2. The normalized spacial score (nSPS) is 16.3. The van der Waals surface area contributed by atoms with Crippen LogP contribution in [0.3, 0.4) is 0 Å². The zero-order valence-corrected chi connectivity index (χ0v) is 15.6. The largest absolute Gasteiger partial charge is 0.484 e. The fourth-order valence-electron chi connectivity index (χ4n) is 3.59. The van der Waals surface area contributed by atoms with Gasteiger partial charge in [-0.3, -0.25) is 4.79 Å². The van der Waals surface area contributed by atoms with Crippen molar-refractivity contribution >= 4 is 16.9 Å². The lowest BCUT2D eigenvalue weighted by molar-refractivity contribution is -0.134. The molecular weight excluding hydrogens is 377 g/mol. The van der Waals surface area contributed by atoms with Crippen molar-refractivity contribution in [2.24, 2.45) is 0 Å². The summed E-state index contributed by atoms with van der Waals surface area (Å²) in [6.45, 7) is 0.412. The first-order valence-corrected chi connectivity index (χ1v) is 9.42. The highest BCUT2D eigenvalue weighted by Crippen LogP contribution is 2.25. The lowest BCUT2D eigenvalue weighted by atomic mass is 10.1. The van der Waals surface area contributed by atoms with Gasteiger partial charge < -0.3 is 19.2 Å². The first kappa shape index (κ1) is 19.1. The van der Waals surface area contributed by atoms with E-state index in [0.29, 0.717) is 34.4 Å². The highest BCUT2D eigenvalue weighted by Gasteiger charge is 2.28. The van der Waals surface area contributed by atoms with Crippen molar-refractivity contribution in [3.05, 3.63) is 64.8 Å². The minimum absolute atomic E-state index is 0.0523. The fraction of sp³-hybridized carbons (Fsp3) is 0.273. The van der Waals surface area contributed by atoms with Crippen LogP contribution in [-0.4, -0.2) is 41.7 Å². The molecule has 2 heterocycles. The molecule has 6 nitrogen and oxygen atoms in total. The number of aliphatic hydroxyl groups is 1. The molecule has 0 radical (unpaired) electrons. The van der Waals surface area contributed by atoms with Gasteiger partial charge in [-0.1, -0.05) is 12.1 Å². The summed E-state index contributed by atoms with van der Waals surface area (Å²) in [5.74, 6) is -0.160. The minimum Gasteiger partial charge on any atom is -0.484 e. The van der Waals surface area contributed by atoms with E-state index in [-0.39, 0.29) is 31.0 Å². The molecule has 0 spiro atoms. The predicted octanol–water partition coefficient (Wildman–Crippen LogP) is 2.96. The van der Waals surface area contributed by atoms with Crippen molar-refractivity contribution in [2.45, 2.75) is 18.9 Å². The molecule has 29 heavy (non-hydrogen) atoms. The molecule has 1 fully saturated rings. The third-order valence-electron chi connectivity index (χ3n) is 5.13. The Morgan fingerprint density at radius 2 is 2.00 bits per heavy atom. The van der Waals surface area contributed by atoms with Gasteiger partial charge in [0.05, 0.1) is 18.2 Å². The standard InChI is InChI=1S/C22H20FNO5/c23-16-6-3-14(4-7-16)19-10-15-5-8-18(11-20(15)29-22(19)27)28-13-21(26)24-9-1-2-17(24)12-25/h3-8,10-11,17,25H,1-2,9,12-13H2/t17-/m0/s1. The number of hydrogen-bond acceptors (Lipinski definition) is 5. The third-order valence-corrected chi connectivity index (χ3v) is 5.13. The van der Waals surface area contributed by atoms with Gasteiger partial charge in [-0.2, -0.15) is 0 Å². The number of nitrogens with zero attached hydrogens (tertiary/aromatic N) is 1. The van der Waals surface area contributed by atoms with Crippen molar-refractivity contribution in [3.63, 3.8) is 0 Å². The second-order valence-electron chi connectivity index (χ2n) is 7.01. The van der Waals surface area contributed by atoms with Gasteiger partial charge in [0.25, 0.3) is 5.91 Å². The van der Waals surface area contributed by atoms with E-state index in [9.17, 15) is 19.1 Å². The van der Waals surface area contributed by atoms with E-state index in [1.165, 1.54) is 24.3 Å². The zero-order chi connectivity index (χ0) is 20.4. The summed E-state index contributed by atoms with van der Waals surface area (Å²) < 4.78 is 24.1. The molecule has 7 heteroatoms. The van der Waals surface area contributed by atoms with Crippen LogP contribution >= 0.6 is 0 Å². The van der Waals surface area contributed by atoms with Crippen LogP contribution in [0.15, 0.2) is 57.7 Å². The Labute approximate surface area is 166 Å². The van der Waals surface area contributed by atoms with E-state index in [2.05, 4.69) is 0 Å². The van der Waals surface area contributed by atoms with E-state index in [1.807, 2.05) is 0 Å². The summed E-state index contributed by atoms with van der Waals surface area (Å²) in [5.41, 5.74) is 0.697. The molecule has 1 aromatic heterocycles. The van der Waals surface area contributed by atoms with Gasteiger partial charge in [-0.05, 0) is 48.7 Å². The van der Waals surface area contributed by atoms with E-state index < -0.39 is 5.63 Å². The van der Waals surface area contributed by atoms with Crippen LogP contribution in [0.2, 0.25) is 0 Å². The predicted molar refractivity (Wildman–Crippen MR) is 105 cm³/mol. The number of ether oxygens (including phenoxy) is 1. The summed E-state index contributed by atoms with van der Waals surface area (Å²) in [6, 6.07) is 12.1. The number of carbonyl (C=O) groups excluding carboxylic acids is 1. The number of amides is 1. The van der Waals surface area contributed by atoms with Crippen LogP contribution in [0.4, 0.5) is 4.39 Å². The van der Waals surface area contributed by atoms with Gasteiger partial charge in [-0.25, -0.2) is 9.18 Å². The van der Waals surface area contributed by atoms with Crippen LogP contribution < -0.4 is 10.4 Å². The Balaban J connectivity index is 1.52. The van der Waals surface area contributed by atoms with Gasteiger partial charge in [0.1, 0.15) is 17.1 Å². The maximum absolute atomic E-state index is 13.1. The van der Waals surface area contributed by atoms with Gasteiger partial charge >= 0.3 is 5.63 Å². The summed E-state index contributed by atoms with van der Waals surface area (Å²) in [7, 11) is 0. The van der Waals surface area contributed by atoms with E-state index in [0.717, 1.165) is 12.8 Å². The summed E-state index contributed by atoms with van der Waals surface area (Å²) in [4.78, 5) is 26.3. The van der Waals surface area contributed by atoms with Crippen molar-refractivity contribution in [3.8, 4) is 16.9 Å². The van der Waals surface area contributed by atoms with Crippen LogP contribution in [-0.2, 0) is 4.79 Å². The topological polar surface area (TPSA) is 80.0 Å². The SMILES string of the molecule is O=C(COc1ccc2cc(-c3ccc(F)cc3)c(=O)oc2c1)N1CCC[C@H]1CO. The van der Waals surface area contributed by atoms with Crippen LogP contribution in [0.25, 0.3) is 22.1 Å². The average Bonchev–Trinajstić information content (AvgIpc) is 3.21. The van der Waals surface area contributed by atoms with E-state index in [1.54, 1.807) is 29.2 Å². The molecule has 0 bridgehead atoms. The molecule has 4 rings (SSSR count). The second kappa shape index (κ2) is 8.05. The molecule has 0 unspecified atom stereocenters. The lowest BCUT2D eigenvalue weighted by Gasteiger charge is -2.22. The molecule has 1 atom stereocenters. The Morgan fingerprint density at radius 3 is 2.76 bits per heavy atom. The van der Waals surface area contributed by atoms with Gasteiger partial charge in [0.15, 0.2) is 6.61 Å². The van der Waals surface area contributed by atoms with Crippen LogP contribution in [0.5, 0.6) is 5.75 Å². The summed E-state index contributed by atoms with van der Waals surface area (Å²) >= 11 is 0. The van der Waals surface area contributed by atoms with Crippen molar-refractivity contribution in [1.82, 2.24) is 4.90 Å². The smallest absolute Gasteiger partial charge is 0.344 e. The number of rotatable bonds is 5. The second-order valence-corrected chi connectivity index (χ2v) is 7.01. The molecule has 3 aromatic rings. The number of halogens is 1. The van der Waals surface area contributed by atoms with E-state index >= 15 is 0 Å². The fourth-order valence-corrected chi connectivity index (χ4v) is 3.59. The summed E-state index contributed by atoms with van der Waals surface area (Å²) in [5, 5.41) is 10.0. The Morgan fingerprint density at radius 1 is 1.21 bits per heavy atom. The average molecular weight is 397 g/mol. The molecule has 1 N–H and O–H groups in total. The maximum atomic E-state index is 13.1. The quantitative estimate of drug-likeness (QED) is 0.670. The van der Waals surface area contributed by atoms with Crippen molar-refractivity contribution in [1.29, 1.82) is 0 Å². The molecule has 1 aliphatic rings. The van der Waals surface area contributed by atoms with Crippen molar-refractivity contribution in [2.75, 3.05) is 19.8 Å². The van der Waals surface area contributed by atoms with Gasteiger partial charge in [0.2, 0.25) is 0 Å². The Kier molecular flexibility index (Phi) is 5.31. The van der Waals surface area contributed by atoms with Crippen LogP contribution in [0, 0.1) is 5.82 Å². The number of likely N-dealkylation sites (tertiary alicyclic amines) is 1. The third kappa shape index (κ3) is 4.00. The summed E-state index contributed by atoms with van der Waals surface area (Å²) in [6.07, 6.45) is 1.66. The number of carbonyl (C=O) groups is 1. The monoisotopic (exact) mass is 397 g/mol. The molecule has 1 saturated heterocycles. The van der Waals surface area contributed by atoms with E-state index in [4.69, 9.17) is 9.15 Å². The Bertz CT molecular complexity index is 1090. The first-order chi connectivity index (χ1) is 14.0. The highest BCUT2D eigenvalue weighted by molar-refractivity contribution is 5.83. The lowest BCUT2D eigenvalue weighted by Crippen LogP contribution is -2.40. The molecule has 0 saturated carbocycles. The molecule has 150 valence electrons.